The first kappa shape index (κ1) is 19.8. The fourth-order valence-corrected chi connectivity index (χ4v) is 2.84. The third kappa shape index (κ3) is 4.74. The molecular weight excluding hydrogens is 334 g/mol. The third-order valence-electron chi connectivity index (χ3n) is 4.30. The van der Waals surface area contributed by atoms with Crippen molar-refractivity contribution in [1.29, 1.82) is 0 Å². The zero-order valence-electron chi connectivity index (χ0n) is 15.8. The maximum absolute atomic E-state index is 12.1. The Bertz CT molecular complexity index is 670. The van der Waals surface area contributed by atoms with Crippen molar-refractivity contribution in [3.8, 4) is 5.75 Å². The van der Waals surface area contributed by atoms with E-state index in [0.29, 0.717) is 13.0 Å². The Balaban J connectivity index is 1.78. The van der Waals surface area contributed by atoms with Crippen LogP contribution in [0.2, 0.25) is 0 Å². The summed E-state index contributed by atoms with van der Waals surface area (Å²) in [4.78, 5) is 37.2. The van der Waals surface area contributed by atoms with E-state index < -0.39 is 11.6 Å². The summed E-state index contributed by atoms with van der Waals surface area (Å²) < 4.78 is 5.40. The third-order valence-corrected chi connectivity index (χ3v) is 4.30. The van der Waals surface area contributed by atoms with Gasteiger partial charge in [-0.3, -0.25) is 14.5 Å². The van der Waals surface area contributed by atoms with E-state index in [0.717, 1.165) is 11.3 Å². The molecule has 1 fully saturated rings. The predicted octanol–water partition coefficient (Wildman–Crippen LogP) is 2.37. The molecule has 4 amide bonds. The minimum Gasteiger partial charge on any atom is -0.494 e. The zero-order valence-corrected chi connectivity index (χ0v) is 15.8. The maximum atomic E-state index is 12.1. The van der Waals surface area contributed by atoms with Gasteiger partial charge >= 0.3 is 6.03 Å². The van der Waals surface area contributed by atoms with Gasteiger partial charge in [-0.2, -0.15) is 0 Å². The molecule has 1 aliphatic rings. The van der Waals surface area contributed by atoms with Gasteiger partial charge in [0.2, 0.25) is 5.91 Å². The number of benzene rings is 1. The minimum absolute atomic E-state index is 0.113. The molecule has 7 nitrogen and oxygen atoms in total. The van der Waals surface area contributed by atoms with Crippen LogP contribution in [0, 0.1) is 0 Å². The zero-order chi connectivity index (χ0) is 19.3. The first-order chi connectivity index (χ1) is 12.2. The molecule has 1 atom stereocenters. The molecule has 26 heavy (non-hydrogen) atoms. The molecule has 0 aliphatic carbocycles. The molecule has 0 saturated carbocycles. The van der Waals surface area contributed by atoms with E-state index in [1.165, 1.54) is 4.90 Å². The van der Waals surface area contributed by atoms with Crippen LogP contribution in [0.5, 0.6) is 5.75 Å². The highest BCUT2D eigenvalue weighted by Crippen LogP contribution is 2.19. The highest BCUT2D eigenvalue weighted by Gasteiger charge is 2.43. The molecule has 1 aliphatic heterocycles. The molecule has 2 N–H and O–H groups in total. The smallest absolute Gasteiger partial charge is 0.325 e. The fourth-order valence-electron chi connectivity index (χ4n) is 2.84. The lowest BCUT2D eigenvalue weighted by molar-refractivity contribution is -0.130. The van der Waals surface area contributed by atoms with Crippen LogP contribution in [-0.4, -0.2) is 41.4 Å². The van der Waals surface area contributed by atoms with Crippen LogP contribution in [0.4, 0.5) is 4.79 Å². The quantitative estimate of drug-likeness (QED) is 0.696. The van der Waals surface area contributed by atoms with Gasteiger partial charge < -0.3 is 15.4 Å². The summed E-state index contributed by atoms with van der Waals surface area (Å²) in [6.45, 7) is 8.01. The van der Waals surface area contributed by atoms with Crippen molar-refractivity contribution < 1.29 is 19.1 Å². The first-order valence-electron chi connectivity index (χ1n) is 8.91. The summed E-state index contributed by atoms with van der Waals surface area (Å²) in [5.41, 5.74) is 0.110. The average molecular weight is 361 g/mol. The number of carbonyl (C=O) groups is 3. The summed E-state index contributed by atoms with van der Waals surface area (Å²) >= 11 is 0. The molecule has 0 radical (unpaired) electrons. The van der Waals surface area contributed by atoms with Crippen molar-refractivity contribution in [3.05, 3.63) is 29.8 Å². The van der Waals surface area contributed by atoms with Crippen molar-refractivity contribution in [2.45, 2.75) is 52.1 Å². The SMILES string of the molecule is CCOc1ccc([C@@H](C)NC(=O)CCCN2C(=O)NC(C)(C)C2=O)cc1. The van der Waals surface area contributed by atoms with Crippen LogP contribution < -0.4 is 15.4 Å². The number of amides is 4. The molecule has 2 rings (SSSR count). The van der Waals surface area contributed by atoms with Crippen molar-refractivity contribution in [1.82, 2.24) is 15.5 Å². The van der Waals surface area contributed by atoms with Gasteiger partial charge in [-0.25, -0.2) is 4.79 Å². The van der Waals surface area contributed by atoms with Gasteiger partial charge in [0.05, 0.1) is 12.6 Å². The number of nitrogens with one attached hydrogen (secondary N) is 2. The number of urea groups is 1. The van der Waals surface area contributed by atoms with Gasteiger partial charge in [0, 0.05) is 13.0 Å². The molecule has 0 bridgehead atoms. The van der Waals surface area contributed by atoms with Crippen LogP contribution in [0.3, 0.4) is 0 Å². The Labute approximate surface area is 154 Å². The first-order valence-corrected chi connectivity index (χ1v) is 8.91. The lowest BCUT2D eigenvalue weighted by atomic mass is 10.1. The molecule has 0 aromatic heterocycles. The topological polar surface area (TPSA) is 87.7 Å². The highest BCUT2D eigenvalue weighted by molar-refractivity contribution is 6.06. The van der Waals surface area contributed by atoms with Gasteiger partial charge in [0.25, 0.3) is 5.91 Å². The van der Waals surface area contributed by atoms with E-state index in [1.54, 1.807) is 13.8 Å². The number of carbonyl (C=O) groups excluding carboxylic acids is 3. The van der Waals surface area contributed by atoms with Crippen molar-refractivity contribution >= 4 is 17.8 Å². The Morgan fingerprint density at radius 3 is 2.46 bits per heavy atom. The molecule has 1 aromatic carbocycles. The largest absolute Gasteiger partial charge is 0.494 e. The van der Waals surface area contributed by atoms with Crippen LogP contribution >= 0.6 is 0 Å². The molecular formula is C19H27N3O4. The van der Waals surface area contributed by atoms with Crippen molar-refractivity contribution in [2.75, 3.05) is 13.2 Å². The average Bonchev–Trinajstić information content (AvgIpc) is 2.77. The van der Waals surface area contributed by atoms with E-state index in [1.807, 2.05) is 38.1 Å². The van der Waals surface area contributed by atoms with Crippen LogP contribution in [-0.2, 0) is 9.59 Å². The normalized spacial score (nSPS) is 17.0. The minimum atomic E-state index is -0.874. The summed E-state index contributed by atoms with van der Waals surface area (Å²) in [6, 6.07) is 7.06. The second-order valence-corrected chi connectivity index (χ2v) is 6.91. The summed E-state index contributed by atoms with van der Waals surface area (Å²) in [6.07, 6.45) is 0.677. The summed E-state index contributed by atoms with van der Waals surface area (Å²) in [5.74, 6) is 0.426. The molecule has 0 unspecified atom stereocenters. The Morgan fingerprint density at radius 2 is 1.92 bits per heavy atom. The Morgan fingerprint density at radius 1 is 1.27 bits per heavy atom. The van der Waals surface area contributed by atoms with Crippen molar-refractivity contribution in [3.63, 3.8) is 0 Å². The molecule has 0 spiro atoms. The van der Waals surface area contributed by atoms with Gasteiger partial charge in [0.1, 0.15) is 11.3 Å². The van der Waals surface area contributed by atoms with E-state index in [9.17, 15) is 14.4 Å². The predicted molar refractivity (Wildman–Crippen MR) is 97.7 cm³/mol. The van der Waals surface area contributed by atoms with E-state index >= 15 is 0 Å². The number of ether oxygens (including phenoxy) is 1. The number of imide groups is 1. The van der Waals surface area contributed by atoms with Gasteiger partial charge in [-0.15, -0.1) is 0 Å². The van der Waals surface area contributed by atoms with Crippen LogP contribution in [0.1, 0.15) is 52.1 Å². The van der Waals surface area contributed by atoms with Crippen molar-refractivity contribution in [2.24, 2.45) is 0 Å². The number of nitrogens with zero attached hydrogens (tertiary/aromatic N) is 1. The second kappa shape index (κ2) is 8.21. The molecule has 1 aromatic rings. The molecule has 1 saturated heterocycles. The Hall–Kier alpha value is -2.57. The summed E-state index contributed by atoms with van der Waals surface area (Å²) in [7, 11) is 0. The van der Waals surface area contributed by atoms with E-state index in [2.05, 4.69) is 10.6 Å². The maximum Gasteiger partial charge on any atom is 0.325 e. The number of hydrogen-bond acceptors (Lipinski definition) is 4. The van der Waals surface area contributed by atoms with Crippen LogP contribution in [0.25, 0.3) is 0 Å². The molecule has 7 heteroatoms. The highest BCUT2D eigenvalue weighted by atomic mass is 16.5. The molecule has 1 heterocycles. The monoisotopic (exact) mass is 361 g/mol. The van der Waals surface area contributed by atoms with Gasteiger partial charge in [-0.05, 0) is 51.8 Å². The standard InChI is InChI=1S/C19H27N3O4/c1-5-26-15-10-8-14(9-11-15)13(2)20-16(23)7-6-12-22-17(24)19(3,4)21-18(22)25/h8-11,13H,5-7,12H2,1-4H3,(H,20,23)(H,21,25)/t13-/m1/s1. The lowest BCUT2D eigenvalue weighted by Gasteiger charge is -2.17. The number of rotatable bonds is 8. The van der Waals surface area contributed by atoms with E-state index in [-0.39, 0.29) is 30.8 Å². The Kier molecular flexibility index (Phi) is 6.23. The van der Waals surface area contributed by atoms with Crippen LogP contribution in [0.15, 0.2) is 24.3 Å². The second-order valence-electron chi connectivity index (χ2n) is 6.91. The summed E-state index contributed by atoms with van der Waals surface area (Å²) in [5, 5.41) is 5.55. The fraction of sp³-hybridized carbons (Fsp3) is 0.526. The molecule has 142 valence electrons. The van der Waals surface area contributed by atoms with Gasteiger partial charge in [0.15, 0.2) is 0 Å². The number of hydrogen-bond donors (Lipinski definition) is 2. The van der Waals surface area contributed by atoms with E-state index in [4.69, 9.17) is 4.74 Å². The van der Waals surface area contributed by atoms with Gasteiger partial charge in [-0.1, -0.05) is 12.1 Å². The lowest BCUT2D eigenvalue weighted by Crippen LogP contribution is -2.40.